The van der Waals surface area contributed by atoms with Crippen molar-refractivity contribution in [1.82, 2.24) is 19.4 Å². The van der Waals surface area contributed by atoms with Crippen molar-refractivity contribution >= 4 is 17.6 Å². The zero-order valence-electron chi connectivity index (χ0n) is 21.2. The number of aliphatic hydroxyl groups is 1. The highest BCUT2D eigenvalue weighted by Gasteiger charge is 2.38. The third kappa shape index (κ3) is 4.46. The Morgan fingerprint density at radius 1 is 1.10 bits per heavy atom. The molecular formula is C28H27F2N5O4. The Kier molecular flexibility index (Phi) is 6.17. The molecule has 2 N–H and O–H groups in total. The molecule has 9 nitrogen and oxygen atoms in total. The molecule has 1 fully saturated rings. The molecule has 1 saturated heterocycles. The summed E-state index contributed by atoms with van der Waals surface area (Å²) < 4.78 is 32.8. The van der Waals surface area contributed by atoms with Crippen molar-refractivity contribution in [3.63, 3.8) is 0 Å². The van der Waals surface area contributed by atoms with E-state index in [1.807, 2.05) is 27.6 Å². The highest BCUT2D eigenvalue weighted by molar-refractivity contribution is 5.74. The van der Waals surface area contributed by atoms with Crippen molar-refractivity contribution in [3.05, 3.63) is 71.9 Å². The Morgan fingerprint density at radius 3 is 2.51 bits per heavy atom. The summed E-state index contributed by atoms with van der Waals surface area (Å²) in [7, 11) is 0. The van der Waals surface area contributed by atoms with Crippen LogP contribution in [-0.4, -0.2) is 55.2 Å². The Morgan fingerprint density at radius 2 is 1.82 bits per heavy atom. The van der Waals surface area contributed by atoms with Crippen molar-refractivity contribution in [1.29, 1.82) is 0 Å². The molecule has 2 atom stereocenters. The first-order valence-electron chi connectivity index (χ1n) is 12.8. The normalized spacial score (nSPS) is 20.4. The molecular weight excluding hydrogens is 508 g/mol. The summed E-state index contributed by atoms with van der Waals surface area (Å²) in [5.74, 6) is -0.535. The molecule has 0 bridgehead atoms. The molecule has 4 aromatic rings. The number of pyridine rings is 1. The summed E-state index contributed by atoms with van der Waals surface area (Å²) in [6.07, 6.45) is 5.86. The van der Waals surface area contributed by atoms with Gasteiger partial charge in [-0.15, -0.1) is 0 Å². The number of carboxylic acids is 1. The first kappa shape index (κ1) is 25.2. The number of halogens is 2. The van der Waals surface area contributed by atoms with Gasteiger partial charge in [-0.05, 0) is 44.4 Å². The predicted octanol–water partition coefficient (Wildman–Crippen LogP) is 4.65. The van der Waals surface area contributed by atoms with Crippen LogP contribution in [0, 0.1) is 5.41 Å². The number of alkyl halides is 2. The van der Waals surface area contributed by atoms with Crippen LogP contribution in [0.25, 0.3) is 16.8 Å². The van der Waals surface area contributed by atoms with Crippen molar-refractivity contribution < 1.29 is 28.5 Å². The van der Waals surface area contributed by atoms with E-state index in [0.29, 0.717) is 55.2 Å². The Balaban J connectivity index is 1.31. The molecule has 4 heterocycles. The summed E-state index contributed by atoms with van der Waals surface area (Å²) in [5.41, 5.74) is 3.32. The number of aliphatic carboxylic acids is 1. The number of nitrogens with zero attached hydrogens (tertiary/aromatic N) is 5. The quantitative estimate of drug-likeness (QED) is 0.367. The number of aromatic nitrogens is 4. The van der Waals surface area contributed by atoms with Crippen LogP contribution in [0.15, 0.2) is 55.0 Å². The van der Waals surface area contributed by atoms with E-state index in [9.17, 15) is 23.8 Å². The van der Waals surface area contributed by atoms with Gasteiger partial charge < -0.3 is 24.3 Å². The number of hydrogen-bond acceptors (Lipinski definition) is 7. The van der Waals surface area contributed by atoms with Crippen molar-refractivity contribution in [2.24, 2.45) is 5.41 Å². The minimum atomic E-state index is -2.96. The molecule has 11 heteroatoms. The first-order valence-corrected chi connectivity index (χ1v) is 12.8. The highest BCUT2D eigenvalue weighted by Crippen LogP contribution is 2.47. The number of anilines is 1. The van der Waals surface area contributed by atoms with Gasteiger partial charge in [0.2, 0.25) is 5.95 Å². The fourth-order valence-electron chi connectivity index (χ4n) is 5.58. The van der Waals surface area contributed by atoms with E-state index in [0.717, 1.165) is 16.8 Å². The summed E-state index contributed by atoms with van der Waals surface area (Å²) in [4.78, 5) is 27.2. The number of piperidine rings is 1. The number of rotatable bonds is 6. The molecule has 1 aromatic carbocycles. The molecule has 0 radical (unpaired) electrons. The maximum atomic E-state index is 13.1. The molecule has 2 aliphatic rings. The van der Waals surface area contributed by atoms with Gasteiger partial charge in [-0.3, -0.25) is 4.79 Å². The van der Waals surface area contributed by atoms with Gasteiger partial charge in [-0.2, -0.15) is 8.78 Å². The minimum absolute atomic E-state index is 0.0778. The molecule has 0 spiro atoms. The van der Waals surface area contributed by atoms with Crippen LogP contribution < -0.4 is 9.64 Å². The molecule has 3 aromatic heterocycles. The third-order valence-electron chi connectivity index (χ3n) is 7.94. The second-order valence-electron chi connectivity index (χ2n) is 10.4. The third-order valence-corrected chi connectivity index (χ3v) is 7.94. The molecule has 39 heavy (non-hydrogen) atoms. The lowest BCUT2D eigenvalue weighted by Gasteiger charge is -2.36. The fourth-order valence-corrected chi connectivity index (χ4v) is 5.58. The molecule has 1 aliphatic carbocycles. The Hall–Kier alpha value is -4.12. The van der Waals surface area contributed by atoms with Gasteiger partial charge in [-0.25, -0.2) is 15.0 Å². The van der Waals surface area contributed by atoms with Gasteiger partial charge in [0.15, 0.2) is 0 Å². The van der Waals surface area contributed by atoms with Gasteiger partial charge in [0, 0.05) is 54.3 Å². The van der Waals surface area contributed by atoms with Crippen LogP contribution in [0.4, 0.5) is 14.7 Å². The molecule has 6 rings (SSSR count). The Bertz CT molecular complexity index is 1530. The van der Waals surface area contributed by atoms with E-state index >= 15 is 0 Å². The lowest BCUT2D eigenvalue weighted by Crippen LogP contribution is -2.43. The van der Waals surface area contributed by atoms with Crippen LogP contribution in [0.5, 0.6) is 5.75 Å². The number of ether oxygens (including phenoxy) is 1. The van der Waals surface area contributed by atoms with E-state index in [1.165, 1.54) is 6.07 Å². The predicted molar refractivity (Wildman–Crippen MR) is 138 cm³/mol. The van der Waals surface area contributed by atoms with Gasteiger partial charge in [0.1, 0.15) is 11.4 Å². The second kappa shape index (κ2) is 9.57. The minimum Gasteiger partial charge on any atom is -0.481 e. The number of carbonyl (C=O) groups is 1. The van der Waals surface area contributed by atoms with Crippen LogP contribution in [-0.2, 0) is 4.79 Å². The van der Waals surface area contributed by atoms with Crippen molar-refractivity contribution in [3.8, 4) is 16.9 Å². The summed E-state index contributed by atoms with van der Waals surface area (Å²) in [6, 6.07) is 10.4. The number of hydrogen-bond donors (Lipinski definition) is 2. The average Bonchev–Trinajstić information content (AvgIpc) is 3.46. The van der Waals surface area contributed by atoms with Gasteiger partial charge >= 0.3 is 12.6 Å². The summed E-state index contributed by atoms with van der Waals surface area (Å²) in [6.45, 7) is -0.0561. The van der Waals surface area contributed by atoms with E-state index in [1.54, 1.807) is 37.5 Å². The van der Waals surface area contributed by atoms with Gasteiger partial charge in [-0.1, -0.05) is 18.2 Å². The molecule has 1 aliphatic heterocycles. The zero-order valence-corrected chi connectivity index (χ0v) is 21.2. The van der Waals surface area contributed by atoms with Gasteiger partial charge in [0.25, 0.3) is 0 Å². The van der Waals surface area contributed by atoms with E-state index < -0.39 is 24.1 Å². The largest absolute Gasteiger partial charge is 0.481 e. The standard InChI is InChI=1S/C28H27F2N5O4/c1-28(25(37)38)8-10-34(11-9-28)27-31-13-17(14-32-27)16-6-7-22-33-23-20(36)12-19(24(23)35(22)15-16)18-4-2-3-5-21(18)39-26(29)30/h2-7,13-15,19-20,26,36H,8-12H2,1H3,(H,37,38). The van der Waals surface area contributed by atoms with E-state index in [2.05, 4.69) is 15.0 Å². The van der Waals surface area contributed by atoms with Crippen molar-refractivity contribution in [2.45, 2.75) is 44.8 Å². The lowest BCUT2D eigenvalue weighted by atomic mass is 9.80. The van der Waals surface area contributed by atoms with Crippen LogP contribution in [0.1, 0.15) is 55.2 Å². The SMILES string of the molecule is CC1(C(=O)O)CCN(c2ncc(-c3ccc4nc5c(n4c3)C(c3ccccc3OC(F)F)CC5O)cn2)CC1. The van der Waals surface area contributed by atoms with Crippen molar-refractivity contribution in [2.75, 3.05) is 18.0 Å². The number of aliphatic hydroxyl groups excluding tert-OH is 1. The topological polar surface area (TPSA) is 113 Å². The summed E-state index contributed by atoms with van der Waals surface area (Å²) >= 11 is 0. The fraction of sp³-hybridized carbons (Fsp3) is 0.357. The van der Waals surface area contributed by atoms with Crippen LogP contribution in [0.3, 0.4) is 0 Å². The average molecular weight is 536 g/mol. The van der Waals surface area contributed by atoms with E-state index in [4.69, 9.17) is 4.74 Å². The number of para-hydroxylation sites is 1. The molecule has 202 valence electrons. The molecule has 0 saturated carbocycles. The molecule has 0 amide bonds. The van der Waals surface area contributed by atoms with Crippen LogP contribution in [0.2, 0.25) is 0 Å². The second-order valence-corrected chi connectivity index (χ2v) is 10.4. The smallest absolute Gasteiger partial charge is 0.387 e. The van der Waals surface area contributed by atoms with Gasteiger partial charge in [0.05, 0.1) is 22.9 Å². The highest BCUT2D eigenvalue weighted by atomic mass is 19.3. The number of imidazole rings is 1. The Labute approximate surface area is 222 Å². The maximum Gasteiger partial charge on any atom is 0.387 e. The zero-order chi connectivity index (χ0) is 27.3. The molecule has 2 unspecified atom stereocenters. The lowest BCUT2D eigenvalue weighted by molar-refractivity contribution is -0.149. The number of benzene rings is 1. The maximum absolute atomic E-state index is 13.1. The van der Waals surface area contributed by atoms with E-state index in [-0.39, 0.29) is 11.7 Å². The monoisotopic (exact) mass is 535 g/mol. The summed E-state index contributed by atoms with van der Waals surface area (Å²) in [5, 5.41) is 20.2. The number of carboxylic acid groups (broad SMARTS) is 1. The van der Waals surface area contributed by atoms with Crippen LogP contribution >= 0.6 is 0 Å². The number of fused-ring (bicyclic) bond motifs is 3. The first-order chi connectivity index (χ1) is 18.7.